The molecule has 1 saturated carbocycles. The van der Waals surface area contributed by atoms with Gasteiger partial charge in [-0.2, -0.15) is 0 Å². The molecule has 0 bridgehead atoms. The number of ether oxygens (including phenoxy) is 2. The molecule has 3 nitrogen and oxygen atoms in total. The van der Waals surface area contributed by atoms with E-state index in [4.69, 9.17) is 9.47 Å². The van der Waals surface area contributed by atoms with Crippen molar-refractivity contribution < 1.29 is 14.3 Å². The van der Waals surface area contributed by atoms with E-state index >= 15 is 0 Å². The maximum Gasteiger partial charge on any atom is 0.309 e. The normalized spacial score (nSPS) is 14.5. The standard InChI is InChI=1S/C19H26O3/c1-15(2)5-3-13-21-18-11-7-16(8-12-18)6-4-14-22-19(20)17-9-10-17/h4,6-8,11-12,15,17H,3,5,9-10,13-14H2,1-2H3/b6-4+. The molecule has 2 rings (SSSR count). The number of carbonyl (C=O) groups excluding carboxylic acids is 1. The third-order valence-electron chi connectivity index (χ3n) is 3.62. The Hall–Kier alpha value is -1.77. The largest absolute Gasteiger partial charge is 0.494 e. The van der Waals surface area contributed by atoms with Gasteiger partial charge in [-0.3, -0.25) is 4.79 Å². The average Bonchev–Trinajstić information content (AvgIpc) is 3.34. The molecule has 0 spiro atoms. The monoisotopic (exact) mass is 302 g/mol. The smallest absolute Gasteiger partial charge is 0.309 e. The molecule has 1 fully saturated rings. The van der Waals surface area contributed by atoms with Crippen molar-refractivity contribution in [1.29, 1.82) is 0 Å². The van der Waals surface area contributed by atoms with Gasteiger partial charge in [0.1, 0.15) is 12.4 Å². The Morgan fingerprint density at radius 2 is 2.00 bits per heavy atom. The van der Waals surface area contributed by atoms with E-state index in [0.29, 0.717) is 6.61 Å². The minimum absolute atomic E-state index is 0.0604. The first-order valence-electron chi connectivity index (χ1n) is 8.21. The maximum absolute atomic E-state index is 11.4. The van der Waals surface area contributed by atoms with Crippen LogP contribution in [0, 0.1) is 11.8 Å². The molecule has 0 aliphatic heterocycles. The predicted octanol–water partition coefficient (Wildman–Crippen LogP) is 4.47. The first-order valence-corrected chi connectivity index (χ1v) is 8.21. The van der Waals surface area contributed by atoms with Crippen LogP contribution >= 0.6 is 0 Å². The van der Waals surface area contributed by atoms with Gasteiger partial charge < -0.3 is 9.47 Å². The Balaban J connectivity index is 1.66. The molecule has 3 heteroatoms. The molecule has 120 valence electrons. The van der Waals surface area contributed by atoms with Gasteiger partial charge in [-0.15, -0.1) is 0 Å². The molecule has 0 unspecified atom stereocenters. The van der Waals surface area contributed by atoms with E-state index in [-0.39, 0.29) is 11.9 Å². The first kappa shape index (κ1) is 16.6. The van der Waals surface area contributed by atoms with E-state index < -0.39 is 0 Å². The second-order valence-corrected chi connectivity index (χ2v) is 6.26. The number of benzene rings is 1. The number of carbonyl (C=O) groups is 1. The zero-order valence-corrected chi connectivity index (χ0v) is 13.6. The van der Waals surface area contributed by atoms with Crippen LogP contribution in [0.5, 0.6) is 5.75 Å². The van der Waals surface area contributed by atoms with Gasteiger partial charge >= 0.3 is 5.97 Å². The highest BCUT2D eigenvalue weighted by atomic mass is 16.5. The third-order valence-corrected chi connectivity index (χ3v) is 3.62. The summed E-state index contributed by atoms with van der Waals surface area (Å²) >= 11 is 0. The minimum atomic E-state index is -0.0604. The van der Waals surface area contributed by atoms with Crippen molar-refractivity contribution in [3.63, 3.8) is 0 Å². The summed E-state index contributed by atoms with van der Waals surface area (Å²) in [6.45, 7) is 5.57. The molecule has 1 aliphatic rings. The lowest BCUT2D eigenvalue weighted by Gasteiger charge is -2.07. The fourth-order valence-corrected chi connectivity index (χ4v) is 2.11. The fourth-order valence-electron chi connectivity index (χ4n) is 2.11. The topological polar surface area (TPSA) is 35.5 Å². The van der Waals surface area contributed by atoms with E-state index in [0.717, 1.165) is 43.1 Å². The van der Waals surface area contributed by atoms with Gasteiger partial charge in [0.25, 0.3) is 0 Å². The summed E-state index contributed by atoms with van der Waals surface area (Å²) in [7, 11) is 0. The highest BCUT2D eigenvalue weighted by Crippen LogP contribution is 2.29. The SMILES string of the molecule is CC(C)CCCOc1ccc(/C=C/COC(=O)C2CC2)cc1. The molecule has 1 aromatic carbocycles. The summed E-state index contributed by atoms with van der Waals surface area (Å²) in [5, 5.41) is 0. The van der Waals surface area contributed by atoms with E-state index in [9.17, 15) is 4.79 Å². The Kier molecular flexibility index (Phi) is 6.50. The summed E-state index contributed by atoms with van der Waals surface area (Å²) in [5.41, 5.74) is 1.08. The molecule has 0 atom stereocenters. The van der Waals surface area contributed by atoms with Crippen molar-refractivity contribution in [3.05, 3.63) is 35.9 Å². The van der Waals surface area contributed by atoms with Crippen LogP contribution in [-0.4, -0.2) is 19.2 Å². The molecular formula is C19H26O3. The second-order valence-electron chi connectivity index (χ2n) is 6.26. The molecular weight excluding hydrogens is 276 g/mol. The lowest BCUT2D eigenvalue weighted by Crippen LogP contribution is -2.05. The number of hydrogen-bond acceptors (Lipinski definition) is 3. The zero-order valence-electron chi connectivity index (χ0n) is 13.6. The Morgan fingerprint density at radius 1 is 1.27 bits per heavy atom. The summed E-state index contributed by atoms with van der Waals surface area (Å²) in [6, 6.07) is 7.98. The van der Waals surface area contributed by atoms with Crippen LogP contribution in [0.2, 0.25) is 0 Å². The van der Waals surface area contributed by atoms with E-state index in [1.54, 1.807) is 0 Å². The molecule has 1 aromatic rings. The van der Waals surface area contributed by atoms with Crippen LogP contribution in [0.1, 0.15) is 45.1 Å². The number of hydrogen-bond donors (Lipinski definition) is 0. The van der Waals surface area contributed by atoms with Gasteiger partial charge in [-0.05, 0) is 55.4 Å². The summed E-state index contributed by atoms with van der Waals surface area (Å²) < 4.78 is 10.9. The number of esters is 1. The third kappa shape index (κ3) is 6.33. The van der Waals surface area contributed by atoms with Crippen LogP contribution in [0.15, 0.2) is 30.3 Å². The summed E-state index contributed by atoms with van der Waals surface area (Å²) in [6.07, 6.45) is 8.09. The molecule has 1 aliphatic carbocycles. The van der Waals surface area contributed by atoms with Gasteiger partial charge in [0.05, 0.1) is 12.5 Å². The summed E-state index contributed by atoms with van der Waals surface area (Å²) in [4.78, 5) is 11.4. The molecule has 22 heavy (non-hydrogen) atoms. The van der Waals surface area contributed by atoms with Crippen LogP contribution < -0.4 is 4.74 Å². The Bertz CT molecular complexity index is 484. The second kappa shape index (κ2) is 8.62. The highest BCUT2D eigenvalue weighted by molar-refractivity contribution is 5.75. The van der Waals surface area contributed by atoms with Crippen molar-refractivity contribution in [2.45, 2.75) is 39.5 Å². The Morgan fingerprint density at radius 3 is 2.64 bits per heavy atom. The van der Waals surface area contributed by atoms with Crippen molar-refractivity contribution in [2.24, 2.45) is 11.8 Å². The zero-order chi connectivity index (χ0) is 15.8. The lowest BCUT2D eigenvalue weighted by atomic mass is 10.1. The molecule has 0 heterocycles. The molecule has 0 N–H and O–H groups in total. The molecule has 0 amide bonds. The summed E-state index contributed by atoms with van der Waals surface area (Å²) in [5.74, 6) is 1.74. The minimum Gasteiger partial charge on any atom is -0.494 e. The van der Waals surface area contributed by atoms with Crippen LogP contribution in [0.3, 0.4) is 0 Å². The molecule has 0 saturated heterocycles. The molecule has 0 radical (unpaired) electrons. The number of rotatable bonds is 9. The van der Waals surface area contributed by atoms with Gasteiger partial charge in [0, 0.05) is 0 Å². The van der Waals surface area contributed by atoms with Crippen LogP contribution in [-0.2, 0) is 9.53 Å². The van der Waals surface area contributed by atoms with Gasteiger partial charge in [-0.25, -0.2) is 0 Å². The van der Waals surface area contributed by atoms with Crippen molar-refractivity contribution in [3.8, 4) is 5.75 Å². The van der Waals surface area contributed by atoms with Gasteiger partial charge in [-0.1, -0.05) is 32.1 Å². The Labute approximate surface area is 133 Å². The van der Waals surface area contributed by atoms with E-state index in [1.807, 2.05) is 36.4 Å². The maximum atomic E-state index is 11.4. The lowest BCUT2D eigenvalue weighted by molar-refractivity contribution is -0.143. The first-order chi connectivity index (χ1) is 10.6. The van der Waals surface area contributed by atoms with Crippen LogP contribution in [0.25, 0.3) is 6.08 Å². The van der Waals surface area contributed by atoms with Gasteiger partial charge in [0.15, 0.2) is 0 Å². The predicted molar refractivity (Wildman–Crippen MR) is 88.7 cm³/mol. The van der Waals surface area contributed by atoms with E-state index in [2.05, 4.69) is 13.8 Å². The molecule has 0 aromatic heterocycles. The average molecular weight is 302 g/mol. The van der Waals surface area contributed by atoms with Gasteiger partial charge in [0.2, 0.25) is 0 Å². The fraction of sp³-hybridized carbons (Fsp3) is 0.526. The highest BCUT2D eigenvalue weighted by Gasteiger charge is 2.30. The quantitative estimate of drug-likeness (QED) is 0.499. The van der Waals surface area contributed by atoms with Crippen molar-refractivity contribution >= 4 is 12.0 Å². The van der Waals surface area contributed by atoms with Crippen LogP contribution in [0.4, 0.5) is 0 Å². The van der Waals surface area contributed by atoms with E-state index in [1.165, 1.54) is 6.42 Å². The van der Waals surface area contributed by atoms with Crippen molar-refractivity contribution in [2.75, 3.05) is 13.2 Å². The van der Waals surface area contributed by atoms with Crippen molar-refractivity contribution in [1.82, 2.24) is 0 Å².